The minimum atomic E-state index is 0.871. The van der Waals surface area contributed by atoms with Gasteiger partial charge in [-0.2, -0.15) is 0 Å². The molecule has 0 fully saturated rings. The highest BCUT2D eigenvalue weighted by Crippen LogP contribution is 2.25. The Balaban J connectivity index is 2.53. The summed E-state index contributed by atoms with van der Waals surface area (Å²) in [6.07, 6.45) is 1.95. The predicted octanol–water partition coefficient (Wildman–Crippen LogP) is 2.48. The summed E-state index contributed by atoms with van der Waals surface area (Å²) in [4.78, 5) is 5.55. The Morgan fingerprint density at radius 1 is 1.45 bits per heavy atom. The van der Waals surface area contributed by atoms with Crippen molar-refractivity contribution in [2.45, 2.75) is 11.8 Å². The standard InChI is InChI=1S/C9H9NS/c1-7-2-3-8-5-10-6-11-9(8)4-7/h2-5H,6H2,1H3. The van der Waals surface area contributed by atoms with Crippen LogP contribution in [-0.4, -0.2) is 12.1 Å². The van der Waals surface area contributed by atoms with Crippen LogP contribution >= 0.6 is 11.8 Å². The van der Waals surface area contributed by atoms with Crippen LogP contribution in [0.15, 0.2) is 28.1 Å². The SMILES string of the molecule is Cc1ccc2c(c1)SCN=C2. The van der Waals surface area contributed by atoms with Crippen molar-refractivity contribution in [3.05, 3.63) is 29.3 Å². The third-order valence-electron chi connectivity index (χ3n) is 1.69. The first-order chi connectivity index (χ1) is 5.36. The maximum Gasteiger partial charge on any atom is 0.0890 e. The maximum atomic E-state index is 4.19. The normalized spacial score (nSPS) is 14.6. The van der Waals surface area contributed by atoms with Gasteiger partial charge in [0.25, 0.3) is 0 Å². The van der Waals surface area contributed by atoms with E-state index in [0.717, 1.165) is 5.88 Å². The summed E-state index contributed by atoms with van der Waals surface area (Å²) in [7, 11) is 0. The van der Waals surface area contributed by atoms with Crippen molar-refractivity contribution < 1.29 is 0 Å². The van der Waals surface area contributed by atoms with Gasteiger partial charge in [0, 0.05) is 16.7 Å². The molecule has 0 saturated carbocycles. The zero-order valence-corrected chi connectivity index (χ0v) is 7.19. The molecular weight excluding hydrogens is 154 g/mol. The van der Waals surface area contributed by atoms with E-state index in [-0.39, 0.29) is 0 Å². The molecule has 0 amide bonds. The van der Waals surface area contributed by atoms with E-state index < -0.39 is 0 Å². The van der Waals surface area contributed by atoms with Crippen LogP contribution in [0.1, 0.15) is 11.1 Å². The average Bonchev–Trinajstić information content (AvgIpc) is 2.04. The molecule has 0 unspecified atom stereocenters. The topological polar surface area (TPSA) is 12.4 Å². The number of hydrogen-bond acceptors (Lipinski definition) is 2. The summed E-state index contributed by atoms with van der Waals surface area (Å²) in [6, 6.07) is 6.46. The highest BCUT2D eigenvalue weighted by Gasteiger charge is 2.04. The number of fused-ring (bicyclic) bond motifs is 1. The van der Waals surface area contributed by atoms with E-state index in [4.69, 9.17) is 0 Å². The Morgan fingerprint density at radius 3 is 3.27 bits per heavy atom. The van der Waals surface area contributed by atoms with Crippen LogP contribution in [0, 0.1) is 6.92 Å². The number of rotatable bonds is 0. The second-order valence-corrected chi connectivity index (χ2v) is 3.61. The number of nitrogens with zero attached hydrogens (tertiary/aromatic N) is 1. The van der Waals surface area contributed by atoms with Crippen molar-refractivity contribution in [3.8, 4) is 0 Å². The molecule has 0 aromatic heterocycles. The van der Waals surface area contributed by atoms with Gasteiger partial charge in [0.2, 0.25) is 0 Å². The number of hydrogen-bond donors (Lipinski definition) is 0. The molecule has 2 heteroatoms. The smallest absolute Gasteiger partial charge is 0.0890 e. The van der Waals surface area contributed by atoms with Crippen molar-refractivity contribution in [2.75, 3.05) is 5.88 Å². The highest BCUT2D eigenvalue weighted by atomic mass is 32.2. The molecule has 56 valence electrons. The monoisotopic (exact) mass is 163 g/mol. The van der Waals surface area contributed by atoms with Crippen molar-refractivity contribution in [1.29, 1.82) is 0 Å². The summed E-state index contributed by atoms with van der Waals surface area (Å²) in [5.74, 6) is 0.871. The van der Waals surface area contributed by atoms with Gasteiger partial charge in [-0.1, -0.05) is 12.1 Å². The van der Waals surface area contributed by atoms with Crippen LogP contribution in [-0.2, 0) is 0 Å². The first kappa shape index (κ1) is 6.92. The minimum absolute atomic E-state index is 0.871. The molecule has 0 atom stereocenters. The maximum absolute atomic E-state index is 4.19. The molecule has 1 aromatic carbocycles. The lowest BCUT2D eigenvalue weighted by Crippen LogP contribution is -1.93. The molecular formula is C9H9NS. The molecule has 0 spiro atoms. The Morgan fingerprint density at radius 2 is 2.36 bits per heavy atom. The molecule has 11 heavy (non-hydrogen) atoms. The van der Waals surface area contributed by atoms with Crippen LogP contribution in [0.4, 0.5) is 0 Å². The average molecular weight is 163 g/mol. The summed E-state index contributed by atoms with van der Waals surface area (Å²) >= 11 is 1.80. The van der Waals surface area contributed by atoms with Gasteiger partial charge in [-0.25, -0.2) is 0 Å². The molecule has 1 aliphatic heterocycles. The van der Waals surface area contributed by atoms with Gasteiger partial charge >= 0.3 is 0 Å². The van der Waals surface area contributed by atoms with Gasteiger partial charge in [0.15, 0.2) is 0 Å². The predicted molar refractivity (Wildman–Crippen MR) is 49.5 cm³/mol. The fourth-order valence-corrected chi connectivity index (χ4v) is 1.96. The third kappa shape index (κ3) is 1.31. The lowest BCUT2D eigenvalue weighted by Gasteiger charge is -2.08. The number of benzene rings is 1. The van der Waals surface area contributed by atoms with E-state index in [0.29, 0.717) is 0 Å². The van der Waals surface area contributed by atoms with E-state index in [1.54, 1.807) is 11.8 Å². The molecule has 2 rings (SSSR count). The summed E-state index contributed by atoms with van der Waals surface area (Å²) in [5.41, 5.74) is 2.58. The number of aliphatic imine (C=N–C) groups is 1. The van der Waals surface area contributed by atoms with E-state index in [1.165, 1.54) is 16.0 Å². The van der Waals surface area contributed by atoms with E-state index >= 15 is 0 Å². The zero-order valence-electron chi connectivity index (χ0n) is 6.37. The van der Waals surface area contributed by atoms with Gasteiger partial charge in [0.1, 0.15) is 0 Å². The fraction of sp³-hybridized carbons (Fsp3) is 0.222. The lowest BCUT2D eigenvalue weighted by molar-refractivity contribution is 1.28. The Bertz CT molecular complexity index is 304. The minimum Gasteiger partial charge on any atom is -0.281 e. The summed E-state index contributed by atoms with van der Waals surface area (Å²) < 4.78 is 0. The number of thioether (sulfide) groups is 1. The van der Waals surface area contributed by atoms with E-state index in [1.807, 2.05) is 6.21 Å². The van der Waals surface area contributed by atoms with Crippen LogP contribution in [0.5, 0.6) is 0 Å². The van der Waals surface area contributed by atoms with Crippen LogP contribution in [0.3, 0.4) is 0 Å². The fourth-order valence-electron chi connectivity index (χ4n) is 1.12. The Labute approximate surface area is 70.5 Å². The molecule has 0 saturated heterocycles. The van der Waals surface area contributed by atoms with Crippen molar-refractivity contribution >= 4 is 18.0 Å². The Hall–Kier alpha value is -0.760. The van der Waals surface area contributed by atoms with Crippen LogP contribution < -0.4 is 0 Å². The van der Waals surface area contributed by atoms with E-state index in [9.17, 15) is 0 Å². The molecule has 1 aliphatic rings. The second-order valence-electron chi connectivity index (χ2n) is 2.63. The molecule has 1 aromatic rings. The quantitative estimate of drug-likeness (QED) is 0.572. The third-order valence-corrected chi connectivity index (χ3v) is 2.64. The van der Waals surface area contributed by atoms with E-state index in [2.05, 4.69) is 30.1 Å². The van der Waals surface area contributed by atoms with Gasteiger partial charge in [-0.15, -0.1) is 11.8 Å². The Kier molecular flexibility index (Phi) is 1.70. The van der Waals surface area contributed by atoms with Gasteiger partial charge in [-0.05, 0) is 18.6 Å². The molecule has 0 bridgehead atoms. The van der Waals surface area contributed by atoms with Crippen LogP contribution in [0.2, 0.25) is 0 Å². The first-order valence-electron chi connectivity index (χ1n) is 3.59. The number of aryl methyl sites for hydroxylation is 1. The summed E-state index contributed by atoms with van der Waals surface area (Å²) in [5, 5.41) is 0. The lowest BCUT2D eigenvalue weighted by atomic mass is 10.2. The van der Waals surface area contributed by atoms with Gasteiger partial charge in [0.05, 0.1) is 5.88 Å². The van der Waals surface area contributed by atoms with Crippen molar-refractivity contribution in [1.82, 2.24) is 0 Å². The van der Waals surface area contributed by atoms with Crippen molar-refractivity contribution in [3.63, 3.8) is 0 Å². The van der Waals surface area contributed by atoms with Gasteiger partial charge in [-0.3, -0.25) is 4.99 Å². The largest absolute Gasteiger partial charge is 0.281 e. The molecule has 1 heterocycles. The van der Waals surface area contributed by atoms with Crippen molar-refractivity contribution in [2.24, 2.45) is 4.99 Å². The molecule has 0 N–H and O–H groups in total. The van der Waals surface area contributed by atoms with Gasteiger partial charge < -0.3 is 0 Å². The molecule has 0 aliphatic carbocycles. The highest BCUT2D eigenvalue weighted by molar-refractivity contribution is 7.99. The first-order valence-corrected chi connectivity index (χ1v) is 4.58. The zero-order chi connectivity index (χ0) is 7.68. The molecule has 0 radical (unpaired) electrons. The second kappa shape index (κ2) is 2.70. The van der Waals surface area contributed by atoms with Crippen LogP contribution in [0.25, 0.3) is 0 Å². The molecule has 1 nitrogen and oxygen atoms in total. The summed E-state index contributed by atoms with van der Waals surface area (Å²) in [6.45, 7) is 2.12.